The maximum atomic E-state index is 5.17. The van der Waals surface area contributed by atoms with Crippen molar-refractivity contribution in [3.63, 3.8) is 0 Å². The van der Waals surface area contributed by atoms with Crippen molar-refractivity contribution in [3.8, 4) is 15.6 Å². The quantitative estimate of drug-likeness (QED) is 0.794. The largest absolute Gasteiger partial charge is 0.496 e. The van der Waals surface area contributed by atoms with Gasteiger partial charge in [0.1, 0.15) is 10.8 Å². The molecular formula is C12H17N3OS2. The number of aryl methyl sites for hydroxylation is 1. The van der Waals surface area contributed by atoms with Gasteiger partial charge >= 0.3 is 0 Å². The molecule has 0 aliphatic rings. The van der Waals surface area contributed by atoms with Crippen LogP contribution in [0.5, 0.6) is 5.75 Å². The van der Waals surface area contributed by atoms with Gasteiger partial charge in [0.25, 0.3) is 0 Å². The van der Waals surface area contributed by atoms with Gasteiger partial charge in [-0.15, -0.1) is 21.5 Å². The molecule has 0 saturated carbocycles. The van der Waals surface area contributed by atoms with Crippen LogP contribution in [0.4, 0.5) is 0 Å². The number of hydrogen-bond acceptors (Lipinski definition) is 6. The molecule has 0 aromatic carbocycles. The smallest absolute Gasteiger partial charge is 0.157 e. The summed E-state index contributed by atoms with van der Waals surface area (Å²) in [7, 11) is 1.68. The molecule has 0 bridgehead atoms. The Labute approximate surface area is 115 Å². The molecule has 0 aliphatic heterocycles. The zero-order valence-corrected chi connectivity index (χ0v) is 12.2. The van der Waals surface area contributed by atoms with Crippen LogP contribution in [0.2, 0.25) is 0 Å². The molecule has 0 unspecified atom stereocenters. The number of nitrogens with zero attached hydrogens (tertiary/aromatic N) is 2. The molecule has 2 aromatic heterocycles. The van der Waals surface area contributed by atoms with Crippen LogP contribution >= 0.6 is 22.7 Å². The highest BCUT2D eigenvalue weighted by Gasteiger charge is 2.09. The van der Waals surface area contributed by atoms with Crippen LogP contribution in [0.15, 0.2) is 11.4 Å². The second-order valence-corrected chi connectivity index (χ2v) is 5.78. The molecule has 0 amide bonds. The normalized spacial score (nSPS) is 10.8. The van der Waals surface area contributed by atoms with Gasteiger partial charge in [0.05, 0.1) is 12.0 Å². The Morgan fingerprint density at radius 3 is 3.00 bits per heavy atom. The molecular weight excluding hydrogens is 266 g/mol. The van der Waals surface area contributed by atoms with Crippen LogP contribution in [-0.4, -0.2) is 30.4 Å². The molecule has 0 radical (unpaired) electrons. The van der Waals surface area contributed by atoms with Crippen LogP contribution in [-0.2, 0) is 6.42 Å². The van der Waals surface area contributed by atoms with E-state index in [-0.39, 0.29) is 0 Å². The lowest BCUT2D eigenvalue weighted by molar-refractivity contribution is 0.417. The molecule has 6 heteroatoms. The first-order chi connectivity index (χ1) is 8.83. The third kappa shape index (κ3) is 3.51. The minimum absolute atomic E-state index is 0.888. The molecule has 4 nitrogen and oxygen atoms in total. The Morgan fingerprint density at radius 1 is 1.39 bits per heavy atom. The summed E-state index contributed by atoms with van der Waals surface area (Å²) in [6.45, 7) is 4.18. The Balaban J connectivity index is 1.93. The number of aromatic nitrogens is 2. The molecule has 0 aliphatic carbocycles. The Kier molecular flexibility index (Phi) is 5.10. The SMILES string of the molecule is CCNCCCc1nnc(-c2cc(OC)cs2)s1. The summed E-state index contributed by atoms with van der Waals surface area (Å²) < 4.78 is 5.17. The molecule has 2 aromatic rings. The monoisotopic (exact) mass is 283 g/mol. The van der Waals surface area contributed by atoms with Gasteiger partial charge in [-0.1, -0.05) is 18.3 Å². The summed E-state index contributed by atoms with van der Waals surface area (Å²) in [5.41, 5.74) is 0. The van der Waals surface area contributed by atoms with Crippen molar-refractivity contribution in [1.29, 1.82) is 0 Å². The van der Waals surface area contributed by atoms with Crippen molar-refractivity contribution in [2.45, 2.75) is 19.8 Å². The topological polar surface area (TPSA) is 47.0 Å². The molecule has 2 rings (SSSR count). The molecule has 0 fully saturated rings. The van der Waals surface area contributed by atoms with E-state index in [1.165, 1.54) is 0 Å². The highest BCUT2D eigenvalue weighted by Crippen LogP contribution is 2.32. The van der Waals surface area contributed by atoms with E-state index in [0.717, 1.165) is 46.6 Å². The first-order valence-electron chi connectivity index (χ1n) is 5.99. The fraction of sp³-hybridized carbons (Fsp3) is 0.500. The van der Waals surface area contributed by atoms with Crippen molar-refractivity contribution in [1.82, 2.24) is 15.5 Å². The number of nitrogens with one attached hydrogen (secondary N) is 1. The van der Waals surface area contributed by atoms with E-state index < -0.39 is 0 Å². The van der Waals surface area contributed by atoms with Crippen LogP contribution in [0.25, 0.3) is 9.88 Å². The predicted molar refractivity (Wildman–Crippen MR) is 76.6 cm³/mol. The second-order valence-electron chi connectivity index (χ2n) is 3.81. The third-order valence-electron chi connectivity index (χ3n) is 2.48. The molecule has 0 saturated heterocycles. The Hall–Kier alpha value is -0.980. The van der Waals surface area contributed by atoms with Crippen molar-refractivity contribution < 1.29 is 4.74 Å². The fourth-order valence-corrected chi connectivity index (χ4v) is 3.33. The van der Waals surface area contributed by atoms with Gasteiger partial charge in [0.2, 0.25) is 0 Å². The summed E-state index contributed by atoms with van der Waals surface area (Å²) in [6.07, 6.45) is 2.10. The fourth-order valence-electron chi connectivity index (χ4n) is 1.53. The third-order valence-corrected chi connectivity index (χ3v) is 4.54. The summed E-state index contributed by atoms with van der Waals surface area (Å²) in [4.78, 5) is 1.13. The molecule has 0 atom stereocenters. The van der Waals surface area contributed by atoms with Crippen LogP contribution in [0, 0.1) is 0 Å². The number of thiophene rings is 1. The predicted octanol–water partition coefficient (Wildman–Crippen LogP) is 2.82. The Morgan fingerprint density at radius 2 is 2.28 bits per heavy atom. The van der Waals surface area contributed by atoms with E-state index in [2.05, 4.69) is 22.4 Å². The van der Waals surface area contributed by atoms with Gasteiger partial charge in [0, 0.05) is 17.9 Å². The molecule has 2 heterocycles. The lowest BCUT2D eigenvalue weighted by atomic mass is 10.3. The molecule has 98 valence electrons. The molecule has 18 heavy (non-hydrogen) atoms. The minimum Gasteiger partial charge on any atom is -0.496 e. The zero-order valence-electron chi connectivity index (χ0n) is 10.6. The molecule has 0 spiro atoms. The van der Waals surface area contributed by atoms with Gasteiger partial charge in [-0.2, -0.15) is 0 Å². The van der Waals surface area contributed by atoms with E-state index in [9.17, 15) is 0 Å². The van der Waals surface area contributed by atoms with Crippen molar-refractivity contribution in [2.24, 2.45) is 0 Å². The van der Waals surface area contributed by atoms with E-state index in [0.29, 0.717) is 0 Å². The number of methoxy groups -OCH3 is 1. The lowest BCUT2D eigenvalue weighted by Crippen LogP contribution is -2.14. The van der Waals surface area contributed by atoms with Crippen LogP contribution in [0.3, 0.4) is 0 Å². The highest BCUT2D eigenvalue weighted by molar-refractivity contribution is 7.20. The highest BCUT2D eigenvalue weighted by atomic mass is 32.1. The van der Waals surface area contributed by atoms with E-state index in [4.69, 9.17) is 4.74 Å². The Bertz CT molecular complexity index is 481. The second kappa shape index (κ2) is 6.82. The summed E-state index contributed by atoms with van der Waals surface area (Å²) in [5, 5.41) is 15.9. The summed E-state index contributed by atoms with van der Waals surface area (Å²) in [6, 6.07) is 2.01. The van der Waals surface area contributed by atoms with Gasteiger partial charge in [-0.3, -0.25) is 0 Å². The number of hydrogen-bond donors (Lipinski definition) is 1. The van der Waals surface area contributed by atoms with Crippen molar-refractivity contribution in [2.75, 3.05) is 20.2 Å². The number of ether oxygens (including phenoxy) is 1. The first kappa shape index (κ1) is 13.5. The number of rotatable bonds is 7. The zero-order chi connectivity index (χ0) is 12.8. The van der Waals surface area contributed by atoms with Gasteiger partial charge in [-0.25, -0.2) is 0 Å². The average Bonchev–Trinajstić information content (AvgIpc) is 3.03. The van der Waals surface area contributed by atoms with Crippen LogP contribution < -0.4 is 10.1 Å². The van der Waals surface area contributed by atoms with Crippen molar-refractivity contribution in [3.05, 3.63) is 16.5 Å². The standard InChI is InChI=1S/C12H17N3OS2/c1-3-13-6-4-5-11-14-15-12(18-11)10-7-9(16-2)8-17-10/h7-8,13H,3-6H2,1-2H3. The van der Waals surface area contributed by atoms with Gasteiger partial charge < -0.3 is 10.1 Å². The van der Waals surface area contributed by atoms with E-state index >= 15 is 0 Å². The van der Waals surface area contributed by atoms with Crippen molar-refractivity contribution >= 4 is 22.7 Å². The van der Waals surface area contributed by atoms with Crippen LogP contribution in [0.1, 0.15) is 18.4 Å². The minimum atomic E-state index is 0.888. The van der Waals surface area contributed by atoms with Gasteiger partial charge in [0.15, 0.2) is 5.01 Å². The average molecular weight is 283 g/mol. The first-order valence-corrected chi connectivity index (χ1v) is 7.69. The van der Waals surface area contributed by atoms with E-state index in [1.807, 2.05) is 11.4 Å². The van der Waals surface area contributed by atoms with E-state index in [1.54, 1.807) is 29.8 Å². The maximum absolute atomic E-state index is 5.17. The lowest BCUT2D eigenvalue weighted by Gasteiger charge is -1.97. The van der Waals surface area contributed by atoms with Gasteiger partial charge in [-0.05, 0) is 19.5 Å². The molecule has 1 N–H and O–H groups in total. The maximum Gasteiger partial charge on any atom is 0.157 e. The summed E-state index contributed by atoms with van der Waals surface area (Å²) in [5.74, 6) is 0.888. The summed E-state index contributed by atoms with van der Waals surface area (Å²) >= 11 is 3.32.